The number of rotatable bonds is 4. The van der Waals surface area contributed by atoms with E-state index in [-0.39, 0.29) is 11.1 Å². The zero-order valence-electron chi connectivity index (χ0n) is 10.1. The standard InChI is InChI=1S/C13H17Cl2NO2/c14-7-9-3-1-2-4-10(9)8-16-13(17)11-5-6-18-12(11)15/h5-6,9-10H,1-4,7-8H2,(H,16,17). The van der Waals surface area contributed by atoms with Gasteiger partial charge >= 0.3 is 0 Å². The normalized spacial score (nSPS) is 23.9. The molecule has 1 aliphatic carbocycles. The van der Waals surface area contributed by atoms with E-state index in [9.17, 15) is 4.79 Å². The molecule has 1 saturated carbocycles. The monoisotopic (exact) mass is 289 g/mol. The van der Waals surface area contributed by atoms with Gasteiger partial charge in [0.1, 0.15) is 0 Å². The minimum Gasteiger partial charge on any atom is -0.452 e. The third-order valence-corrected chi connectivity index (χ3v) is 4.34. The molecule has 0 spiro atoms. The lowest BCUT2D eigenvalue weighted by molar-refractivity contribution is 0.0936. The molecule has 2 rings (SSSR count). The summed E-state index contributed by atoms with van der Waals surface area (Å²) in [5.41, 5.74) is 0.398. The fourth-order valence-electron chi connectivity index (χ4n) is 2.53. The van der Waals surface area contributed by atoms with Crippen molar-refractivity contribution in [2.75, 3.05) is 12.4 Å². The molecular weight excluding hydrogens is 273 g/mol. The molecule has 100 valence electrons. The highest BCUT2D eigenvalue weighted by molar-refractivity contribution is 6.32. The summed E-state index contributed by atoms with van der Waals surface area (Å²) >= 11 is 11.7. The molecule has 1 aromatic rings. The third kappa shape index (κ3) is 3.21. The van der Waals surface area contributed by atoms with E-state index in [0.717, 1.165) is 12.8 Å². The van der Waals surface area contributed by atoms with Crippen LogP contribution in [0.3, 0.4) is 0 Å². The molecule has 3 nitrogen and oxygen atoms in total. The lowest BCUT2D eigenvalue weighted by Gasteiger charge is -2.30. The molecule has 1 heterocycles. The summed E-state index contributed by atoms with van der Waals surface area (Å²) in [5.74, 6) is 1.49. The second kappa shape index (κ2) is 6.48. The lowest BCUT2D eigenvalue weighted by atomic mass is 9.80. The van der Waals surface area contributed by atoms with Gasteiger partial charge in [-0.05, 0) is 42.3 Å². The maximum absolute atomic E-state index is 11.9. The summed E-state index contributed by atoms with van der Waals surface area (Å²) in [6.45, 7) is 0.664. The van der Waals surface area contributed by atoms with E-state index >= 15 is 0 Å². The summed E-state index contributed by atoms with van der Waals surface area (Å²) in [6, 6.07) is 1.58. The number of halogens is 2. The Bertz CT molecular complexity index is 405. The fourth-order valence-corrected chi connectivity index (χ4v) is 3.14. The Hall–Kier alpha value is -0.670. The van der Waals surface area contributed by atoms with Gasteiger partial charge in [-0.25, -0.2) is 0 Å². The fraction of sp³-hybridized carbons (Fsp3) is 0.615. The second-order valence-corrected chi connectivity index (χ2v) is 5.43. The zero-order valence-corrected chi connectivity index (χ0v) is 11.6. The summed E-state index contributed by atoms with van der Waals surface area (Å²) in [7, 11) is 0. The van der Waals surface area contributed by atoms with E-state index in [0.29, 0.717) is 29.8 Å². The average Bonchev–Trinajstić information content (AvgIpc) is 2.82. The summed E-state index contributed by atoms with van der Waals surface area (Å²) < 4.78 is 4.90. The van der Waals surface area contributed by atoms with Crippen LogP contribution in [0.5, 0.6) is 0 Å². The van der Waals surface area contributed by atoms with E-state index in [4.69, 9.17) is 27.6 Å². The maximum Gasteiger partial charge on any atom is 0.256 e. The number of hydrogen-bond donors (Lipinski definition) is 1. The first-order valence-electron chi connectivity index (χ1n) is 6.29. The molecule has 5 heteroatoms. The van der Waals surface area contributed by atoms with Crippen molar-refractivity contribution in [3.8, 4) is 0 Å². The molecule has 18 heavy (non-hydrogen) atoms. The van der Waals surface area contributed by atoms with Crippen LogP contribution < -0.4 is 5.32 Å². The van der Waals surface area contributed by atoms with Crippen LogP contribution in [0.15, 0.2) is 16.7 Å². The first-order chi connectivity index (χ1) is 8.72. The van der Waals surface area contributed by atoms with Gasteiger partial charge in [0.25, 0.3) is 5.91 Å². The van der Waals surface area contributed by atoms with E-state index in [1.165, 1.54) is 19.1 Å². The number of alkyl halides is 1. The first-order valence-corrected chi connectivity index (χ1v) is 7.20. The molecule has 0 aromatic carbocycles. The van der Waals surface area contributed by atoms with E-state index in [1.54, 1.807) is 6.07 Å². The van der Waals surface area contributed by atoms with Gasteiger partial charge < -0.3 is 9.73 Å². The first kappa shape index (κ1) is 13.8. The van der Waals surface area contributed by atoms with Crippen LogP contribution in [0.25, 0.3) is 0 Å². The van der Waals surface area contributed by atoms with E-state index in [1.807, 2.05) is 0 Å². The van der Waals surface area contributed by atoms with Crippen LogP contribution in [-0.2, 0) is 0 Å². The smallest absolute Gasteiger partial charge is 0.256 e. The second-order valence-electron chi connectivity index (χ2n) is 4.78. The van der Waals surface area contributed by atoms with Crippen molar-refractivity contribution in [3.05, 3.63) is 23.1 Å². The minimum absolute atomic E-state index is 0.144. The van der Waals surface area contributed by atoms with Crippen LogP contribution in [0.2, 0.25) is 5.22 Å². The summed E-state index contributed by atoms with van der Waals surface area (Å²) in [5, 5.41) is 3.06. The van der Waals surface area contributed by atoms with Gasteiger partial charge in [0.2, 0.25) is 5.22 Å². The van der Waals surface area contributed by atoms with Gasteiger partial charge in [0, 0.05) is 12.4 Å². The van der Waals surface area contributed by atoms with Gasteiger partial charge in [-0.3, -0.25) is 4.79 Å². The molecule has 2 atom stereocenters. The lowest BCUT2D eigenvalue weighted by Crippen LogP contribution is -2.34. The minimum atomic E-state index is -0.173. The molecule has 1 aromatic heterocycles. The van der Waals surface area contributed by atoms with Crippen molar-refractivity contribution in [2.24, 2.45) is 11.8 Å². The highest BCUT2D eigenvalue weighted by Gasteiger charge is 2.25. The van der Waals surface area contributed by atoms with Crippen LogP contribution in [0.4, 0.5) is 0 Å². The molecule has 1 fully saturated rings. The molecule has 0 radical (unpaired) electrons. The van der Waals surface area contributed by atoms with Crippen LogP contribution in [0, 0.1) is 11.8 Å². The van der Waals surface area contributed by atoms with Crippen molar-refractivity contribution in [3.63, 3.8) is 0 Å². The van der Waals surface area contributed by atoms with Crippen LogP contribution >= 0.6 is 23.2 Å². The molecular formula is C13H17Cl2NO2. The van der Waals surface area contributed by atoms with Gasteiger partial charge in [0.15, 0.2) is 0 Å². The molecule has 1 amide bonds. The Morgan fingerprint density at radius 3 is 2.72 bits per heavy atom. The average molecular weight is 290 g/mol. The Morgan fingerprint density at radius 1 is 1.39 bits per heavy atom. The highest BCUT2D eigenvalue weighted by Crippen LogP contribution is 2.30. The zero-order chi connectivity index (χ0) is 13.0. The van der Waals surface area contributed by atoms with Crippen LogP contribution in [-0.4, -0.2) is 18.3 Å². The molecule has 0 aliphatic heterocycles. The molecule has 1 aliphatic rings. The largest absolute Gasteiger partial charge is 0.452 e. The van der Waals surface area contributed by atoms with Crippen molar-refractivity contribution in [2.45, 2.75) is 25.7 Å². The SMILES string of the molecule is O=C(NCC1CCCCC1CCl)c1ccoc1Cl. The number of amides is 1. The van der Waals surface area contributed by atoms with Crippen molar-refractivity contribution in [1.29, 1.82) is 0 Å². The molecule has 2 unspecified atom stereocenters. The van der Waals surface area contributed by atoms with E-state index < -0.39 is 0 Å². The van der Waals surface area contributed by atoms with Crippen molar-refractivity contribution in [1.82, 2.24) is 5.32 Å². The predicted molar refractivity (Wildman–Crippen MR) is 72.2 cm³/mol. The Morgan fingerprint density at radius 2 is 2.11 bits per heavy atom. The molecule has 1 N–H and O–H groups in total. The van der Waals surface area contributed by atoms with Gasteiger partial charge in [0.05, 0.1) is 11.8 Å². The summed E-state index contributed by atoms with van der Waals surface area (Å²) in [6.07, 6.45) is 6.18. The number of carbonyl (C=O) groups excluding carboxylic acids is 1. The number of hydrogen-bond acceptors (Lipinski definition) is 2. The van der Waals surface area contributed by atoms with Gasteiger partial charge in [-0.1, -0.05) is 12.8 Å². The molecule has 0 bridgehead atoms. The van der Waals surface area contributed by atoms with Crippen LogP contribution in [0.1, 0.15) is 36.0 Å². The number of furan rings is 1. The Labute approximate surface area is 117 Å². The number of nitrogens with one attached hydrogen (secondary N) is 1. The predicted octanol–water partition coefficient (Wildman–Crippen LogP) is 3.71. The maximum atomic E-state index is 11.9. The quantitative estimate of drug-likeness (QED) is 0.859. The van der Waals surface area contributed by atoms with Gasteiger partial charge in [-0.15, -0.1) is 11.6 Å². The van der Waals surface area contributed by atoms with Crippen molar-refractivity contribution < 1.29 is 9.21 Å². The Kier molecular flexibility index (Phi) is 4.95. The number of carbonyl (C=O) groups is 1. The topological polar surface area (TPSA) is 42.2 Å². The highest BCUT2D eigenvalue weighted by atomic mass is 35.5. The third-order valence-electron chi connectivity index (χ3n) is 3.65. The Balaban J connectivity index is 1.87. The van der Waals surface area contributed by atoms with Crippen molar-refractivity contribution >= 4 is 29.1 Å². The molecule has 0 saturated heterocycles. The summed E-state index contributed by atoms with van der Waals surface area (Å²) in [4.78, 5) is 11.9. The van der Waals surface area contributed by atoms with Gasteiger partial charge in [-0.2, -0.15) is 0 Å². The van der Waals surface area contributed by atoms with E-state index in [2.05, 4.69) is 5.32 Å².